The van der Waals surface area contributed by atoms with Crippen molar-refractivity contribution in [1.29, 1.82) is 0 Å². The molecular formula is C17H29ClN6. The van der Waals surface area contributed by atoms with E-state index in [0.717, 1.165) is 45.2 Å². The zero-order valence-electron chi connectivity index (χ0n) is 14.9. The summed E-state index contributed by atoms with van der Waals surface area (Å²) in [6.07, 6.45) is 9.22. The Labute approximate surface area is 149 Å². The zero-order valence-corrected chi connectivity index (χ0v) is 15.7. The molecule has 0 aromatic carbocycles. The first-order valence-corrected chi connectivity index (χ1v) is 8.87. The molecule has 0 unspecified atom stereocenters. The lowest BCUT2D eigenvalue weighted by atomic mass is 10.1. The number of rotatable bonds is 11. The lowest BCUT2D eigenvalue weighted by Crippen LogP contribution is -2.17. The normalized spacial score (nSPS) is 13.0. The van der Waals surface area contributed by atoms with Crippen molar-refractivity contribution in [3.05, 3.63) is 22.6 Å². The van der Waals surface area contributed by atoms with E-state index in [1.54, 1.807) is 7.05 Å². The number of nitrogens with one attached hydrogen (secondary N) is 2. The highest BCUT2D eigenvalue weighted by molar-refractivity contribution is 6.28. The van der Waals surface area contributed by atoms with E-state index in [9.17, 15) is 0 Å². The monoisotopic (exact) mass is 352 g/mol. The van der Waals surface area contributed by atoms with Crippen LogP contribution in [0, 0.1) is 0 Å². The number of hydrogen-bond donors (Lipinski definition) is 3. The Morgan fingerprint density at radius 2 is 2.17 bits per heavy atom. The van der Waals surface area contributed by atoms with Gasteiger partial charge in [-0.3, -0.25) is 9.98 Å². The Morgan fingerprint density at radius 3 is 2.83 bits per heavy atom. The molecular weight excluding hydrogens is 324 g/mol. The molecule has 0 bridgehead atoms. The van der Waals surface area contributed by atoms with Gasteiger partial charge in [0.25, 0.3) is 0 Å². The van der Waals surface area contributed by atoms with Gasteiger partial charge in [-0.05, 0) is 43.4 Å². The summed E-state index contributed by atoms with van der Waals surface area (Å²) in [5, 5.41) is 3.59. The lowest BCUT2D eigenvalue weighted by molar-refractivity contribution is 0.728. The first-order chi connectivity index (χ1) is 11.6. The maximum atomic E-state index is 6.06. The van der Waals surface area contributed by atoms with Gasteiger partial charge in [0.05, 0.1) is 0 Å². The summed E-state index contributed by atoms with van der Waals surface area (Å²) in [5.74, 6) is 1.10. The molecule has 0 aliphatic heterocycles. The predicted molar refractivity (Wildman–Crippen MR) is 105 cm³/mol. The summed E-state index contributed by atoms with van der Waals surface area (Å²) >= 11 is 5.98. The SMILES string of the molecule is C/C=C(\C=NC)CCCNc1nc(Cl)[nH]c1C(N)=NCCCCC. The van der Waals surface area contributed by atoms with Gasteiger partial charge in [0.15, 0.2) is 5.82 Å². The summed E-state index contributed by atoms with van der Waals surface area (Å²) < 4.78 is 0. The number of aliphatic imine (C=N–C) groups is 2. The second kappa shape index (κ2) is 11.7. The van der Waals surface area contributed by atoms with Crippen LogP contribution < -0.4 is 11.1 Å². The Hall–Kier alpha value is -1.82. The van der Waals surface area contributed by atoms with Gasteiger partial charge >= 0.3 is 0 Å². The van der Waals surface area contributed by atoms with Crippen molar-refractivity contribution in [3.63, 3.8) is 0 Å². The minimum atomic E-state index is 0.312. The number of allylic oxidation sites excluding steroid dienone is 2. The molecule has 0 aliphatic carbocycles. The number of halogens is 1. The number of aromatic nitrogens is 2. The van der Waals surface area contributed by atoms with Crippen molar-refractivity contribution in [1.82, 2.24) is 9.97 Å². The van der Waals surface area contributed by atoms with E-state index in [2.05, 4.69) is 38.3 Å². The van der Waals surface area contributed by atoms with Crippen molar-refractivity contribution < 1.29 is 0 Å². The molecule has 1 aromatic heterocycles. The highest BCUT2D eigenvalue weighted by Crippen LogP contribution is 2.16. The third-order valence-corrected chi connectivity index (χ3v) is 3.75. The molecule has 0 radical (unpaired) electrons. The fraction of sp³-hybridized carbons (Fsp3) is 0.588. The first kappa shape index (κ1) is 20.2. The van der Waals surface area contributed by atoms with Crippen molar-refractivity contribution >= 4 is 29.5 Å². The largest absolute Gasteiger partial charge is 0.382 e. The quantitative estimate of drug-likeness (QED) is 0.321. The number of amidine groups is 1. The van der Waals surface area contributed by atoms with E-state index < -0.39 is 0 Å². The van der Waals surface area contributed by atoms with Crippen LogP contribution in [0.1, 0.15) is 51.6 Å². The van der Waals surface area contributed by atoms with Gasteiger partial charge in [-0.15, -0.1) is 0 Å². The third-order valence-electron chi connectivity index (χ3n) is 3.58. The van der Waals surface area contributed by atoms with Gasteiger partial charge in [-0.1, -0.05) is 25.8 Å². The first-order valence-electron chi connectivity index (χ1n) is 8.49. The second-order valence-corrected chi connectivity index (χ2v) is 5.86. The molecule has 0 amide bonds. The Morgan fingerprint density at radius 1 is 1.38 bits per heavy atom. The van der Waals surface area contributed by atoms with Crippen LogP contribution in [-0.4, -0.2) is 42.2 Å². The zero-order chi connectivity index (χ0) is 17.8. The number of nitrogens with zero attached hydrogens (tertiary/aromatic N) is 3. The number of H-pyrrole nitrogens is 1. The van der Waals surface area contributed by atoms with Gasteiger partial charge in [0.1, 0.15) is 11.5 Å². The summed E-state index contributed by atoms with van der Waals surface area (Å²) in [7, 11) is 1.78. The number of aromatic amines is 1. The van der Waals surface area contributed by atoms with E-state index in [-0.39, 0.29) is 0 Å². The van der Waals surface area contributed by atoms with Crippen LogP contribution >= 0.6 is 11.6 Å². The molecule has 0 aliphatic rings. The third kappa shape index (κ3) is 7.17. The van der Waals surface area contributed by atoms with Crippen LogP contribution in [0.4, 0.5) is 5.82 Å². The fourth-order valence-electron chi connectivity index (χ4n) is 2.25. The number of hydrogen-bond acceptors (Lipinski definition) is 4. The van der Waals surface area contributed by atoms with Gasteiger partial charge in [0.2, 0.25) is 5.28 Å². The topological polar surface area (TPSA) is 91.5 Å². The number of nitrogens with two attached hydrogens (primary N) is 1. The number of imidazole rings is 1. The van der Waals surface area contributed by atoms with E-state index in [1.165, 1.54) is 5.57 Å². The number of anilines is 1. The van der Waals surface area contributed by atoms with Gasteiger partial charge in [-0.25, -0.2) is 4.98 Å². The van der Waals surface area contributed by atoms with Crippen molar-refractivity contribution in [2.75, 3.05) is 25.5 Å². The van der Waals surface area contributed by atoms with Crippen LogP contribution in [0.15, 0.2) is 21.6 Å². The fourth-order valence-corrected chi connectivity index (χ4v) is 2.43. The molecule has 0 saturated carbocycles. The molecule has 1 rings (SSSR count). The van der Waals surface area contributed by atoms with Crippen LogP contribution in [0.25, 0.3) is 0 Å². The minimum Gasteiger partial charge on any atom is -0.382 e. The Bertz CT molecular complexity index is 574. The van der Waals surface area contributed by atoms with E-state index in [1.807, 2.05) is 13.1 Å². The number of unbranched alkanes of at least 4 members (excludes halogenated alkanes) is 2. The highest BCUT2D eigenvalue weighted by Gasteiger charge is 2.12. The predicted octanol–water partition coefficient (Wildman–Crippen LogP) is 3.80. The van der Waals surface area contributed by atoms with Crippen molar-refractivity contribution in [3.8, 4) is 0 Å². The van der Waals surface area contributed by atoms with Crippen LogP contribution in [0.2, 0.25) is 5.28 Å². The van der Waals surface area contributed by atoms with Gasteiger partial charge < -0.3 is 16.0 Å². The standard InChI is InChI=1S/C17H29ClN6/c1-4-6-7-10-21-15(19)14-16(24-17(18)23-14)22-11-8-9-13(5-2)12-20-3/h5,12,22H,4,6-11H2,1-3H3,(H2,19,21)(H,23,24)/b13-5-,20-12?. The molecule has 24 heavy (non-hydrogen) atoms. The Balaban J connectivity index is 2.57. The smallest absolute Gasteiger partial charge is 0.202 e. The summed E-state index contributed by atoms with van der Waals surface area (Å²) in [4.78, 5) is 15.7. The highest BCUT2D eigenvalue weighted by atomic mass is 35.5. The summed E-state index contributed by atoms with van der Waals surface area (Å²) in [6, 6.07) is 0. The molecule has 1 aromatic rings. The molecule has 0 saturated heterocycles. The molecule has 0 spiro atoms. The summed E-state index contributed by atoms with van der Waals surface area (Å²) in [6.45, 7) is 5.67. The van der Waals surface area contributed by atoms with Gasteiger partial charge in [0, 0.05) is 26.4 Å². The minimum absolute atomic E-state index is 0.312. The lowest BCUT2D eigenvalue weighted by Gasteiger charge is -2.06. The second-order valence-electron chi connectivity index (χ2n) is 5.51. The maximum absolute atomic E-state index is 6.06. The van der Waals surface area contributed by atoms with Crippen molar-refractivity contribution in [2.24, 2.45) is 15.7 Å². The summed E-state index contributed by atoms with van der Waals surface area (Å²) in [5.41, 5.74) is 7.94. The molecule has 134 valence electrons. The maximum Gasteiger partial charge on any atom is 0.202 e. The molecule has 0 atom stereocenters. The van der Waals surface area contributed by atoms with Gasteiger partial charge in [-0.2, -0.15) is 0 Å². The van der Waals surface area contributed by atoms with E-state index >= 15 is 0 Å². The van der Waals surface area contributed by atoms with Crippen LogP contribution in [-0.2, 0) is 0 Å². The van der Waals surface area contributed by atoms with Crippen molar-refractivity contribution in [2.45, 2.75) is 46.0 Å². The van der Waals surface area contributed by atoms with Crippen LogP contribution in [0.5, 0.6) is 0 Å². The molecule has 7 heteroatoms. The molecule has 0 fully saturated rings. The average Bonchev–Trinajstić information content (AvgIpc) is 2.95. The molecule has 4 N–H and O–H groups in total. The average molecular weight is 353 g/mol. The Kier molecular flexibility index (Phi) is 9.84. The van der Waals surface area contributed by atoms with E-state index in [0.29, 0.717) is 22.6 Å². The molecule has 6 nitrogen and oxygen atoms in total. The van der Waals surface area contributed by atoms with E-state index in [4.69, 9.17) is 17.3 Å². The molecule has 1 heterocycles. The van der Waals surface area contributed by atoms with Crippen LogP contribution in [0.3, 0.4) is 0 Å².